The van der Waals surface area contributed by atoms with E-state index in [0.29, 0.717) is 17.3 Å². The number of aromatic nitrogens is 1. The van der Waals surface area contributed by atoms with Gasteiger partial charge in [0.1, 0.15) is 5.82 Å². The van der Waals surface area contributed by atoms with Crippen molar-refractivity contribution in [3.05, 3.63) is 23.9 Å². The third-order valence-corrected chi connectivity index (χ3v) is 3.29. The number of hydrogen-bond donors (Lipinski definition) is 2. The van der Waals surface area contributed by atoms with E-state index in [9.17, 15) is 4.79 Å². The summed E-state index contributed by atoms with van der Waals surface area (Å²) in [5, 5.41) is 0. The van der Waals surface area contributed by atoms with Crippen molar-refractivity contribution in [2.45, 2.75) is 13.3 Å². The van der Waals surface area contributed by atoms with E-state index in [2.05, 4.69) is 17.3 Å². The van der Waals surface area contributed by atoms with Crippen LogP contribution in [-0.4, -0.2) is 29.4 Å². The zero-order valence-corrected chi connectivity index (χ0v) is 10.2. The fourth-order valence-electron chi connectivity index (χ4n) is 1.95. The van der Waals surface area contributed by atoms with E-state index >= 15 is 0 Å². The van der Waals surface area contributed by atoms with Gasteiger partial charge in [0.25, 0.3) is 5.91 Å². The van der Waals surface area contributed by atoms with E-state index in [0.717, 1.165) is 12.5 Å². The molecule has 1 aromatic heterocycles. The Morgan fingerprint density at radius 3 is 3.00 bits per heavy atom. The molecule has 0 radical (unpaired) electrons. The number of carbonyl (C=O) groups excluding carboxylic acids is 1. The Balaban J connectivity index is 2.02. The van der Waals surface area contributed by atoms with Crippen LogP contribution < -0.4 is 11.3 Å². The molecule has 2 atom stereocenters. The van der Waals surface area contributed by atoms with E-state index in [4.69, 9.17) is 5.84 Å². The molecule has 1 amide bonds. The third kappa shape index (κ3) is 2.74. The van der Waals surface area contributed by atoms with Crippen LogP contribution in [0.3, 0.4) is 0 Å². The SMILES string of the molecule is CC1CC1CN(C)C(=O)c1ccnc(NN)c1. The van der Waals surface area contributed by atoms with Gasteiger partial charge in [0, 0.05) is 25.4 Å². The van der Waals surface area contributed by atoms with Gasteiger partial charge in [0.05, 0.1) is 0 Å². The highest BCUT2D eigenvalue weighted by Gasteiger charge is 2.34. The minimum absolute atomic E-state index is 0.0167. The molecule has 0 saturated heterocycles. The summed E-state index contributed by atoms with van der Waals surface area (Å²) in [4.78, 5) is 17.9. The van der Waals surface area contributed by atoms with Crippen molar-refractivity contribution in [1.29, 1.82) is 0 Å². The zero-order valence-electron chi connectivity index (χ0n) is 10.2. The molecule has 0 spiro atoms. The van der Waals surface area contributed by atoms with Gasteiger partial charge in [0.15, 0.2) is 0 Å². The van der Waals surface area contributed by atoms with Crippen LogP contribution in [0.15, 0.2) is 18.3 Å². The Morgan fingerprint density at radius 1 is 1.71 bits per heavy atom. The Hall–Kier alpha value is -1.62. The predicted molar refractivity (Wildman–Crippen MR) is 66.3 cm³/mol. The molecule has 0 bridgehead atoms. The second-order valence-electron chi connectivity index (χ2n) is 4.73. The van der Waals surface area contributed by atoms with Crippen molar-refractivity contribution in [2.24, 2.45) is 17.7 Å². The first-order valence-corrected chi connectivity index (χ1v) is 5.80. The number of hydrazine groups is 1. The molecule has 1 aliphatic carbocycles. The quantitative estimate of drug-likeness (QED) is 0.604. The Bertz CT molecular complexity index is 421. The normalized spacial score (nSPS) is 22.1. The van der Waals surface area contributed by atoms with Gasteiger partial charge in [-0.1, -0.05) is 6.92 Å². The summed E-state index contributed by atoms with van der Waals surface area (Å²) in [5.41, 5.74) is 3.05. The van der Waals surface area contributed by atoms with Crippen LogP contribution in [0.4, 0.5) is 5.82 Å². The number of nitrogen functional groups attached to an aromatic ring is 1. The largest absolute Gasteiger partial charge is 0.341 e. The molecule has 3 N–H and O–H groups in total. The Morgan fingerprint density at radius 2 is 2.41 bits per heavy atom. The summed E-state index contributed by atoms with van der Waals surface area (Å²) < 4.78 is 0. The van der Waals surface area contributed by atoms with E-state index in [1.807, 2.05) is 7.05 Å². The van der Waals surface area contributed by atoms with Gasteiger partial charge in [-0.15, -0.1) is 0 Å². The highest BCUT2D eigenvalue weighted by Crippen LogP contribution is 2.38. The van der Waals surface area contributed by atoms with Crippen LogP contribution in [0.1, 0.15) is 23.7 Å². The molecule has 0 aliphatic heterocycles. The lowest BCUT2D eigenvalue weighted by Gasteiger charge is -2.17. The maximum atomic E-state index is 12.1. The molecule has 17 heavy (non-hydrogen) atoms. The first kappa shape index (κ1) is 11.9. The fourth-order valence-corrected chi connectivity index (χ4v) is 1.95. The lowest BCUT2D eigenvalue weighted by atomic mass is 10.2. The van der Waals surface area contributed by atoms with Crippen LogP contribution in [0.5, 0.6) is 0 Å². The molecule has 1 aromatic rings. The molecule has 0 aromatic carbocycles. The highest BCUT2D eigenvalue weighted by molar-refractivity contribution is 5.94. The minimum atomic E-state index is 0.0167. The second-order valence-corrected chi connectivity index (χ2v) is 4.73. The molecule has 5 nitrogen and oxygen atoms in total. The monoisotopic (exact) mass is 234 g/mol. The number of carbonyl (C=O) groups is 1. The van der Waals surface area contributed by atoms with Crippen molar-refractivity contribution < 1.29 is 4.79 Å². The standard InChI is InChI=1S/C12H18N4O/c1-8-5-10(8)7-16(2)12(17)9-3-4-14-11(6-9)15-13/h3-4,6,8,10H,5,7,13H2,1-2H3,(H,14,15). The lowest BCUT2D eigenvalue weighted by molar-refractivity contribution is 0.0787. The van der Waals surface area contributed by atoms with Crippen LogP contribution in [0, 0.1) is 11.8 Å². The third-order valence-electron chi connectivity index (χ3n) is 3.29. The number of nitrogens with two attached hydrogens (primary N) is 1. The Labute approximate surface area is 101 Å². The second kappa shape index (κ2) is 4.71. The molecule has 2 unspecified atom stereocenters. The molecule has 92 valence electrons. The number of nitrogens with one attached hydrogen (secondary N) is 1. The molecule has 1 aliphatic rings. The summed E-state index contributed by atoms with van der Waals surface area (Å²) in [6.45, 7) is 3.04. The number of rotatable bonds is 4. The molecule has 1 fully saturated rings. The number of amides is 1. The first-order chi connectivity index (χ1) is 8.11. The van der Waals surface area contributed by atoms with Crippen molar-refractivity contribution in [3.8, 4) is 0 Å². The van der Waals surface area contributed by atoms with E-state index in [-0.39, 0.29) is 5.91 Å². The van der Waals surface area contributed by atoms with Gasteiger partial charge in [-0.25, -0.2) is 10.8 Å². The average molecular weight is 234 g/mol. The van der Waals surface area contributed by atoms with Gasteiger partial charge >= 0.3 is 0 Å². The Kier molecular flexibility index (Phi) is 3.28. The van der Waals surface area contributed by atoms with Gasteiger partial charge in [-0.05, 0) is 30.4 Å². The van der Waals surface area contributed by atoms with E-state index < -0.39 is 0 Å². The van der Waals surface area contributed by atoms with E-state index in [1.54, 1.807) is 23.2 Å². The molecule has 1 saturated carbocycles. The predicted octanol–water partition coefficient (Wildman–Crippen LogP) is 1.10. The fraction of sp³-hybridized carbons (Fsp3) is 0.500. The van der Waals surface area contributed by atoms with Crippen LogP contribution in [0.2, 0.25) is 0 Å². The maximum absolute atomic E-state index is 12.1. The molecule has 1 heterocycles. The van der Waals surface area contributed by atoms with Crippen LogP contribution >= 0.6 is 0 Å². The molecule has 2 rings (SSSR count). The summed E-state index contributed by atoms with van der Waals surface area (Å²) in [6, 6.07) is 3.37. The summed E-state index contributed by atoms with van der Waals surface area (Å²) in [6.07, 6.45) is 2.81. The van der Waals surface area contributed by atoms with Crippen molar-refractivity contribution in [3.63, 3.8) is 0 Å². The van der Waals surface area contributed by atoms with Crippen molar-refractivity contribution in [1.82, 2.24) is 9.88 Å². The van der Waals surface area contributed by atoms with Crippen molar-refractivity contribution in [2.75, 3.05) is 19.0 Å². The van der Waals surface area contributed by atoms with Gasteiger partial charge < -0.3 is 10.3 Å². The van der Waals surface area contributed by atoms with Gasteiger partial charge in [-0.3, -0.25) is 4.79 Å². The first-order valence-electron chi connectivity index (χ1n) is 5.80. The number of pyridine rings is 1. The smallest absolute Gasteiger partial charge is 0.253 e. The van der Waals surface area contributed by atoms with Crippen molar-refractivity contribution >= 4 is 11.7 Å². The number of nitrogens with zero attached hydrogens (tertiary/aromatic N) is 2. The molecular formula is C12H18N4O. The maximum Gasteiger partial charge on any atom is 0.253 e. The lowest BCUT2D eigenvalue weighted by Crippen LogP contribution is -2.29. The van der Waals surface area contributed by atoms with E-state index in [1.165, 1.54) is 6.42 Å². The van der Waals surface area contributed by atoms with Gasteiger partial charge in [0.2, 0.25) is 0 Å². The minimum Gasteiger partial charge on any atom is -0.341 e. The molecular weight excluding hydrogens is 216 g/mol. The summed E-state index contributed by atoms with van der Waals surface area (Å²) in [7, 11) is 1.84. The average Bonchev–Trinajstić information content (AvgIpc) is 3.04. The topological polar surface area (TPSA) is 71.2 Å². The van der Waals surface area contributed by atoms with Gasteiger partial charge in [-0.2, -0.15) is 0 Å². The number of hydrogen-bond acceptors (Lipinski definition) is 4. The molecule has 5 heteroatoms. The van der Waals surface area contributed by atoms with Crippen LogP contribution in [0.25, 0.3) is 0 Å². The summed E-state index contributed by atoms with van der Waals surface area (Å²) >= 11 is 0. The number of anilines is 1. The summed E-state index contributed by atoms with van der Waals surface area (Å²) in [5.74, 6) is 7.21. The zero-order chi connectivity index (χ0) is 12.4. The highest BCUT2D eigenvalue weighted by atomic mass is 16.2. The van der Waals surface area contributed by atoms with Crippen LogP contribution in [-0.2, 0) is 0 Å².